The maximum Gasteiger partial charge on any atom is 0.127 e. The number of halogens is 1. The molecule has 0 unspecified atom stereocenters. The Balaban J connectivity index is 1.98. The van der Waals surface area contributed by atoms with E-state index in [1.165, 1.54) is 37.7 Å². The Morgan fingerprint density at radius 1 is 1.06 bits per heavy atom. The first-order valence-corrected chi connectivity index (χ1v) is 6.99. The average molecular weight is 250 g/mol. The highest BCUT2D eigenvalue weighted by atomic mass is 19.1. The number of likely N-dealkylation sites (tertiary alicyclic amines) is 1. The van der Waals surface area contributed by atoms with Crippen molar-refractivity contribution in [1.29, 1.82) is 0 Å². The van der Waals surface area contributed by atoms with Crippen LogP contribution in [0.2, 0.25) is 0 Å². The molecule has 1 fully saturated rings. The third kappa shape index (κ3) is 3.79. The van der Waals surface area contributed by atoms with E-state index in [4.69, 9.17) is 5.73 Å². The molecule has 2 nitrogen and oxygen atoms in total. The van der Waals surface area contributed by atoms with Gasteiger partial charge >= 0.3 is 0 Å². The minimum Gasteiger partial charge on any atom is -0.326 e. The monoisotopic (exact) mass is 250 g/mol. The van der Waals surface area contributed by atoms with E-state index >= 15 is 0 Å². The third-order valence-corrected chi connectivity index (χ3v) is 3.68. The lowest BCUT2D eigenvalue weighted by Crippen LogP contribution is -2.27. The number of nitrogens with zero attached hydrogens (tertiary/aromatic N) is 1. The van der Waals surface area contributed by atoms with Gasteiger partial charge in [0.25, 0.3) is 0 Å². The molecule has 2 N–H and O–H groups in total. The molecular formula is C15H23FN2. The van der Waals surface area contributed by atoms with Crippen LogP contribution in [0.4, 0.5) is 4.39 Å². The number of benzene rings is 1. The number of nitrogens with two attached hydrogens (primary N) is 1. The van der Waals surface area contributed by atoms with Crippen LogP contribution in [0.3, 0.4) is 0 Å². The van der Waals surface area contributed by atoms with E-state index in [0.29, 0.717) is 5.56 Å². The van der Waals surface area contributed by atoms with E-state index in [0.717, 1.165) is 19.6 Å². The molecule has 1 saturated heterocycles. The van der Waals surface area contributed by atoms with E-state index in [2.05, 4.69) is 4.90 Å². The minimum absolute atomic E-state index is 0.186. The van der Waals surface area contributed by atoms with Crippen molar-refractivity contribution in [2.45, 2.75) is 45.2 Å². The summed E-state index contributed by atoms with van der Waals surface area (Å²) in [7, 11) is 0. The van der Waals surface area contributed by atoms with E-state index < -0.39 is 0 Å². The van der Waals surface area contributed by atoms with Crippen LogP contribution in [0.5, 0.6) is 0 Å². The van der Waals surface area contributed by atoms with Crippen LogP contribution in [0, 0.1) is 5.82 Å². The van der Waals surface area contributed by atoms with Gasteiger partial charge in [0.1, 0.15) is 5.82 Å². The summed E-state index contributed by atoms with van der Waals surface area (Å²) >= 11 is 0. The molecule has 0 bridgehead atoms. The van der Waals surface area contributed by atoms with Gasteiger partial charge < -0.3 is 5.73 Å². The normalized spacial score (nSPS) is 18.3. The first kappa shape index (κ1) is 13.5. The van der Waals surface area contributed by atoms with Gasteiger partial charge in [0.05, 0.1) is 0 Å². The Labute approximate surface area is 109 Å². The lowest BCUT2D eigenvalue weighted by Gasteiger charge is -2.24. The summed E-state index contributed by atoms with van der Waals surface area (Å²) in [4.78, 5) is 2.48. The Hall–Kier alpha value is -0.930. The summed E-state index contributed by atoms with van der Waals surface area (Å²) in [6, 6.07) is 5.34. The lowest BCUT2D eigenvalue weighted by molar-refractivity contribution is 0.239. The lowest BCUT2D eigenvalue weighted by atomic mass is 10.1. The van der Waals surface area contributed by atoms with Gasteiger partial charge in [-0.05, 0) is 37.6 Å². The van der Waals surface area contributed by atoms with Crippen molar-refractivity contribution >= 4 is 0 Å². The largest absolute Gasteiger partial charge is 0.326 e. The summed E-state index contributed by atoms with van der Waals surface area (Å²) in [6.07, 6.45) is 6.62. The van der Waals surface area contributed by atoms with Gasteiger partial charge in [-0.2, -0.15) is 0 Å². The Morgan fingerprint density at radius 2 is 1.72 bits per heavy atom. The summed E-state index contributed by atoms with van der Waals surface area (Å²) in [6.45, 7) is 3.53. The van der Waals surface area contributed by atoms with Crippen LogP contribution in [-0.4, -0.2) is 18.0 Å². The fraction of sp³-hybridized carbons (Fsp3) is 0.600. The van der Waals surface area contributed by atoms with Crippen LogP contribution in [0.25, 0.3) is 0 Å². The predicted octanol–water partition coefficient (Wildman–Crippen LogP) is 3.05. The zero-order chi connectivity index (χ0) is 12.8. The minimum atomic E-state index is -0.186. The van der Waals surface area contributed by atoms with Gasteiger partial charge in [-0.25, -0.2) is 4.39 Å². The Morgan fingerprint density at radius 3 is 2.39 bits per heavy atom. The van der Waals surface area contributed by atoms with Crippen LogP contribution in [0.15, 0.2) is 18.2 Å². The molecule has 1 aliphatic heterocycles. The molecular weight excluding hydrogens is 227 g/mol. The topological polar surface area (TPSA) is 29.3 Å². The molecule has 100 valence electrons. The predicted molar refractivity (Wildman–Crippen MR) is 72.7 cm³/mol. The van der Waals surface area contributed by atoms with Gasteiger partial charge in [-0.1, -0.05) is 31.4 Å². The van der Waals surface area contributed by atoms with Crippen molar-refractivity contribution in [3.05, 3.63) is 35.1 Å². The molecule has 0 atom stereocenters. The molecule has 0 amide bonds. The summed E-state index contributed by atoms with van der Waals surface area (Å²) in [5.74, 6) is -0.186. The number of rotatable bonds is 3. The number of hydrogen-bond donors (Lipinski definition) is 1. The molecule has 0 saturated carbocycles. The molecule has 0 aliphatic carbocycles. The SMILES string of the molecule is NCc1cc(CN2CCCCCCC2)ccc1F. The van der Waals surface area contributed by atoms with Crippen molar-refractivity contribution < 1.29 is 4.39 Å². The molecule has 0 aromatic heterocycles. The summed E-state index contributed by atoms with van der Waals surface area (Å²) < 4.78 is 13.4. The first-order chi connectivity index (χ1) is 8.79. The molecule has 1 aliphatic rings. The average Bonchev–Trinajstić information content (AvgIpc) is 2.34. The van der Waals surface area contributed by atoms with E-state index in [-0.39, 0.29) is 12.4 Å². The van der Waals surface area contributed by atoms with Gasteiger partial charge in [-0.3, -0.25) is 4.90 Å². The van der Waals surface area contributed by atoms with Crippen molar-refractivity contribution in [2.75, 3.05) is 13.1 Å². The molecule has 3 heteroatoms. The highest BCUT2D eigenvalue weighted by Gasteiger charge is 2.10. The van der Waals surface area contributed by atoms with E-state index in [1.807, 2.05) is 12.1 Å². The van der Waals surface area contributed by atoms with Crippen molar-refractivity contribution in [1.82, 2.24) is 4.90 Å². The van der Waals surface area contributed by atoms with Crippen molar-refractivity contribution in [2.24, 2.45) is 5.73 Å². The second-order valence-corrected chi connectivity index (χ2v) is 5.17. The zero-order valence-electron chi connectivity index (χ0n) is 11.0. The summed E-state index contributed by atoms with van der Waals surface area (Å²) in [5.41, 5.74) is 7.35. The van der Waals surface area contributed by atoms with Gasteiger partial charge in [0.2, 0.25) is 0 Å². The zero-order valence-corrected chi connectivity index (χ0v) is 11.0. The standard InChI is InChI=1S/C15H23FN2/c16-15-7-6-13(10-14(15)11-17)12-18-8-4-2-1-3-5-9-18/h6-7,10H,1-5,8-9,11-12,17H2. The van der Waals surface area contributed by atoms with Crippen LogP contribution < -0.4 is 5.73 Å². The molecule has 1 heterocycles. The molecule has 1 aromatic carbocycles. The summed E-state index contributed by atoms with van der Waals surface area (Å²) in [5, 5.41) is 0. The van der Waals surface area contributed by atoms with E-state index in [1.54, 1.807) is 6.07 Å². The van der Waals surface area contributed by atoms with Crippen LogP contribution in [-0.2, 0) is 13.1 Å². The highest BCUT2D eigenvalue weighted by Crippen LogP contribution is 2.15. The molecule has 0 radical (unpaired) electrons. The maximum absolute atomic E-state index is 13.4. The third-order valence-electron chi connectivity index (χ3n) is 3.68. The van der Waals surface area contributed by atoms with Crippen LogP contribution >= 0.6 is 0 Å². The molecule has 18 heavy (non-hydrogen) atoms. The Bertz CT molecular complexity index is 371. The molecule has 1 aromatic rings. The highest BCUT2D eigenvalue weighted by molar-refractivity contribution is 5.25. The second-order valence-electron chi connectivity index (χ2n) is 5.17. The van der Waals surface area contributed by atoms with Gasteiger partial charge in [0, 0.05) is 18.7 Å². The molecule has 2 rings (SSSR count). The van der Waals surface area contributed by atoms with Gasteiger partial charge in [0.15, 0.2) is 0 Å². The van der Waals surface area contributed by atoms with Crippen molar-refractivity contribution in [3.8, 4) is 0 Å². The fourth-order valence-electron chi connectivity index (χ4n) is 2.61. The number of hydrogen-bond acceptors (Lipinski definition) is 2. The maximum atomic E-state index is 13.4. The molecule has 0 spiro atoms. The van der Waals surface area contributed by atoms with E-state index in [9.17, 15) is 4.39 Å². The smallest absolute Gasteiger partial charge is 0.127 e. The Kier molecular flexibility index (Phi) is 5.14. The quantitative estimate of drug-likeness (QED) is 0.893. The van der Waals surface area contributed by atoms with Crippen molar-refractivity contribution in [3.63, 3.8) is 0 Å². The fourth-order valence-corrected chi connectivity index (χ4v) is 2.61. The van der Waals surface area contributed by atoms with Gasteiger partial charge in [-0.15, -0.1) is 0 Å². The van der Waals surface area contributed by atoms with Crippen LogP contribution in [0.1, 0.15) is 43.2 Å². The second kappa shape index (κ2) is 6.86. The first-order valence-electron chi connectivity index (χ1n) is 6.99.